The van der Waals surface area contributed by atoms with Crippen molar-refractivity contribution in [2.75, 3.05) is 56.0 Å². The molecule has 7 heteroatoms. The van der Waals surface area contributed by atoms with Crippen molar-refractivity contribution in [2.45, 2.75) is 13.0 Å². The van der Waals surface area contributed by atoms with Gasteiger partial charge >= 0.3 is 0 Å². The second-order valence-electron chi connectivity index (χ2n) is 7.16. The lowest BCUT2D eigenvalue weighted by Gasteiger charge is -2.32. The van der Waals surface area contributed by atoms with Crippen molar-refractivity contribution in [3.8, 4) is 5.75 Å². The first-order valence-corrected chi connectivity index (χ1v) is 9.70. The summed E-state index contributed by atoms with van der Waals surface area (Å²) < 4.78 is 5.30. The molecule has 0 fully saturated rings. The zero-order chi connectivity index (χ0) is 21.0. The van der Waals surface area contributed by atoms with E-state index in [0.29, 0.717) is 6.54 Å². The van der Waals surface area contributed by atoms with Crippen LogP contribution in [0.3, 0.4) is 0 Å². The molecular formula is C22H29N5O2. The summed E-state index contributed by atoms with van der Waals surface area (Å²) in [5.74, 6) is 2.56. The van der Waals surface area contributed by atoms with Gasteiger partial charge in [0, 0.05) is 51.3 Å². The molecule has 1 N–H and O–H groups in total. The Morgan fingerprint density at radius 3 is 2.66 bits per heavy atom. The number of hydrogen-bond donors (Lipinski definition) is 1. The van der Waals surface area contributed by atoms with E-state index in [1.54, 1.807) is 13.3 Å². The standard InChI is InChI=1S/C22H29N5O2/c1-6-25(2)20-8-7-11-23-22(20)27(4)17(15-28)14-26(3)21-13-16-12-18(29-5)9-10-19(16)24-21/h7-13,15,17,24H,6,14H2,1-5H3. The summed E-state index contributed by atoms with van der Waals surface area (Å²) in [6, 6.07) is 11.6. The first kappa shape index (κ1) is 20.5. The number of rotatable bonds is 9. The minimum absolute atomic E-state index is 0.347. The van der Waals surface area contributed by atoms with E-state index in [2.05, 4.69) is 27.9 Å². The molecule has 7 nitrogen and oxygen atoms in total. The maximum absolute atomic E-state index is 12.0. The molecule has 3 rings (SSSR count). The van der Waals surface area contributed by atoms with E-state index in [1.165, 1.54) is 0 Å². The van der Waals surface area contributed by atoms with Gasteiger partial charge in [-0.3, -0.25) is 0 Å². The fourth-order valence-corrected chi connectivity index (χ4v) is 3.35. The number of pyridine rings is 1. The number of carbonyl (C=O) groups is 1. The van der Waals surface area contributed by atoms with Gasteiger partial charge in [0.15, 0.2) is 5.82 Å². The Kier molecular flexibility index (Phi) is 6.26. The number of aromatic nitrogens is 2. The average Bonchev–Trinajstić information content (AvgIpc) is 3.19. The Morgan fingerprint density at radius 2 is 1.97 bits per heavy atom. The van der Waals surface area contributed by atoms with Crippen LogP contribution in [0, 0.1) is 0 Å². The van der Waals surface area contributed by atoms with Crippen LogP contribution in [-0.2, 0) is 4.79 Å². The van der Waals surface area contributed by atoms with Crippen molar-refractivity contribution in [3.63, 3.8) is 0 Å². The van der Waals surface area contributed by atoms with Gasteiger partial charge in [-0.05, 0) is 43.3 Å². The molecule has 154 valence electrons. The molecule has 29 heavy (non-hydrogen) atoms. The SMILES string of the molecule is CCN(C)c1cccnc1N(C)C(C=O)CN(C)c1cc2cc(OC)ccc2[nH]1. The van der Waals surface area contributed by atoms with E-state index in [1.807, 2.05) is 61.3 Å². The molecule has 0 aliphatic heterocycles. The number of fused-ring (bicyclic) bond motifs is 1. The van der Waals surface area contributed by atoms with Gasteiger partial charge < -0.3 is 29.2 Å². The van der Waals surface area contributed by atoms with Gasteiger partial charge in [0.05, 0.1) is 12.8 Å². The molecule has 1 unspecified atom stereocenters. The summed E-state index contributed by atoms with van der Waals surface area (Å²) in [4.78, 5) is 26.0. The van der Waals surface area contributed by atoms with Crippen molar-refractivity contribution in [3.05, 3.63) is 42.6 Å². The van der Waals surface area contributed by atoms with Crippen molar-refractivity contribution >= 4 is 34.5 Å². The highest BCUT2D eigenvalue weighted by molar-refractivity contribution is 5.85. The third kappa shape index (κ3) is 4.29. The number of methoxy groups -OCH3 is 1. The summed E-state index contributed by atoms with van der Waals surface area (Å²) in [6.45, 7) is 3.47. The summed E-state index contributed by atoms with van der Waals surface area (Å²) in [7, 11) is 7.57. The molecule has 1 aromatic carbocycles. The Morgan fingerprint density at radius 1 is 1.17 bits per heavy atom. The van der Waals surface area contributed by atoms with Crippen LogP contribution in [0.4, 0.5) is 17.3 Å². The van der Waals surface area contributed by atoms with E-state index in [-0.39, 0.29) is 6.04 Å². The second kappa shape index (κ2) is 8.86. The summed E-state index contributed by atoms with van der Waals surface area (Å²) >= 11 is 0. The van der Waals surface area contributed by atoms with Crippen LogP contribution < -0.4 is 19.4 Å². The highest BCUT2D eigenvalue weighted by atomic mass is 16.5. The van der Waals surface area contributed by atoms with E-state index < -0.39 is 0 Å². The van der Waals surface area contributed by atoms with Gasteiger partial charge in [0.1, 0.15) is 23.9 Å². The Bertz CT molecular complexity index is 971. The molecular weight excluding hydrogens is 366 g/mol. The number of benzene rings is 1. The van der Waals surface area contributed by atoms with Gasteiger partial charge in [0.25, 0.3) is 0 Å². The van der Waals surface area contributed by atoms with E-state index >= 15 is 0 Å². The van der Waals surface area contributed by atoms with Gasteiger partial charge in [-0.1, -0.05) is 0 Å². The third-order valence-corrected chi connectivity index (χ3v) is 5.33. The highest BCUT2D eigenvalue weighted by Gasteiger charge is 2.22. The molecule has 0 saturated carbocycles. The number of H-pyrrole nitrogens is 1. The summed E-state index contributed by atoms with van der Waals surface area (Å²) in [6.07, 6.45) is 2.74. The Labute approximate surface area is 171 Å². The lowest BCUT2D eigenvalue weighted by atomic mass is 10.2. The van der Waals surface area contributed by atoms with Gasteiger partial charge in [-0.25, -0.2) is 4.98 Å². The van der Waals surface area contributed by atoms with Crippen molar-refractivity contribution in [1.82, 2.24) is 9.97 Å². The number of anilines is 3. The molecule has 1 atom stereocenters. The van der Waals surface area contributed by atoms with Crippen LogP contribution in [0.5, 0.6) is 5.75 Å². The number of nitrogens with zero attached hydrogens (tertiary/aromatic N) is 4. The molecule has 2 aromatic heterocycles. The first-order valence-electron chi connectivity index (χ1n) is 9.70. The fraction of sp³-hybridized carbons (Fsp3) is 0.364. The molecule has 3 aromatic rings. The Balaban J connectivity index is 1.81. The maximum Gasteiger partial charge on any atom is 0.152 e. The highest BCUT2D eigenvalue weighted by Crippen LogP contribution is 2.28. The molecule has 0 aliphatic carbocycles. The zero-order valence-corrected chi connectivity index (χ0v) is 17.7. The van der Waals surface area contributed by atoms with E-state index in [4.69, 9.17) is 4.74 Å². The van der Waals surface area contributed by atoms with Gasteiger partial charge in [-0.2, -0.15) is 0 Å². The molecule has 0 radical (unpaired) electrons. The topological polar surface area (TPSA) is 64.7 Å². The maximum atomic E-state index is 12.0. The smallest absolute Gasteiger partial charge is 0.152 e. The third-order valence-electron chi connectivity index (χ3n) is 5.33. The van der Waals surface area contributed by atoms with Crippen molar-refractivity contribution in [2.24, 2.45) is 0 Å². The normalized spacial score (nSPS) is 11.9. The van der Waals surface area contributed by atoms with Gasteiger partial charge in [0.2, 0.25) is 0 Å². The molecule has 0 bridgehead atoms. The monoisotopic (exact) mass is 395 g/mol. The van der Waals surface area contributed by atoms with Crippen molar-refractivity contribution in [1.29, 1.82) is 0 Å². The molecule has 2 heterocycles. The minimum Gasteiger partial charge on any atom is -0.497 e. The molecule has 0 saturated heterocycles. The second-order valence-corrected chi connectivity index (χ2v) is 7.16. The van der Waals surface area contributed by atoms with Crippen LogP contribution in [0.1, 0.15) is 6.92 Å². The predicted octanol–water partition coefficient (Wildman–Crippen LogP) is 3.17. The van der Waals surface area contributed by atoms with Crippen LogP contribution in [0.2, 0.25) is 0 Å². The number of ether oxygens (including phenoxy) is 1. The first-order chi connectivity index (χ1) is 14.0. The summed E-state index contributed by atoms with van der Waals surface area (Å²) in [5, 5.41) is 1.07. The number of nitrogens with one attached hydrogen (secondary N) is 1. The van der Waals surface area contributed by atoms with Crippen LogP contribution in [-0.4, -0.2) is 63.6 Å². The van der Waals surface area contributed by atoms with Gasteiger partial charge in [-0.15, -0.1) is 0 Å². The molecule has 0 aliphatic rings. The largest absolute Gasteiger partial charge is 0.497 e. The Hall–Kier alpha value is -3.22. The van der Waals surface area contributed by atoms with Crippen LogP contribution in [0.25, 0.3) is 10.9 Å². The quantitative estimate of drug-likeness (QED) is 0.562. The number of aldehydes is 1. The van der Waals surface area contributed by atoms with E-state index in [9.17, 15) is 4.79 Å². The average molecular weight is 396 g/mol. The number of hydrogen-bond acceptors (Lipinski definition) is 6. The summed E-state index contributed by atoms with van der Waals surface area (Å²) in [5.41, 5.74) is 2.03. The number of aromatic amines is 1. The van der Waals surface area contributed by atoms with Crippen LogP contribution >= 0.6 is 0 Å². The molecule has 0 amide bonds. The predicted molar refractivity (Wildman–Crippen MR) is 120 cm³/mol. The van der Waals surface area contributed by atoms with E-state index in [0.717, 1.165) is 46.8 Å². The lowest BCUT2D eigenvalue weighted by Crippen LogP contribution is -2.43. The van der Waals surface area contributed by atoms with Crippen molar-refractivity contribution < 1.29 is 9.53 Å². The minimum atomic E-state index is -0.347. The lowest BCUT2D eigenvalue weighted by molar-refractivity contribution is -0.108. The molecule has 0 spiro atoms. The zero-order valence-electron chi connectivity index (χ0n) is 17.7. The van der Waals surface area contributed by atoms with Crippen LogP contribution in [0.15, 0.2) is 42.6 Å². The number of likely N-dealkylation sites (N-methyl/N-ethyl adjacent to an activating group) is 2. The fourth-order valence-electron chi connectivity index (χ4n) is 3.35. The number of carbonyl (C=O) groups excluding carboxylic acids is 1.